The number of pyridine rings is 1. The number of nitrogens with zero attached hydrogens (tertiary/aromatic N) is 4. The third-order valence-electron chi connectivity index (χ3n) is 3.21. The highest BCUT2D eigenvalue weighted by Gasteiger charge is 2.15. The van der Waals surface area contributed by atoms with Crippen LogP contribution in [0.15, 0.2) is 42.6 Å². The van der Waals surface area contributed by atoms with Crippen molar-refractivity contribution in [3.8, 4) is 11.9 Å². The van der Waals surface area contributed by atoms with Crippen molar-refractivity contribution in [1.29, 1.82) is 5.26 Å². The van der Waals surface area contributed by atoms with Crippen molar-refractivity contribution < 1.29 is 0 Å². The molecule has 0 atom stereocenters. The van der Waals surface area contributed by atoms with Crippen LogP contribution in [0.5, 0.6) is 0 Å². The molecule has 98 valence electrons. The molecular formula is C16H14N4. The zero-order valence-electron chi connectivity index (χ0n) is 11.4. The van der Waals surface area contributed by atoms with Crippen LogP contribution in [-0.4, -0.2) is 14.5 Å². The van der Waals surface area contributed by atoms with Gasteiger partial charge >= 0.3 is 0 Å². The molecule has 0 radical (unpaired) electrons. The molecule has 2 heterocycles. The van der Waals surface area contributed by atoms with Gasteiger partial charge in [0.1, 0.15) is 17.7 Å². The minimum atomic E-state index is 0.292. The van der Waals surface area contributed by atoms with E-state index >= 15 is 0 Å². The lowest BCUT2D eigenvalue weighted by Crippen LogP contribution is -2.04. The molecule has 0 aliphatic heterocycles. The molecule has 4 nitrogen and oxygen atoms in total. The number of fused-ring (bicyclic) bond motifs is 1. The normalized spacial score (nSPS) is 10.9. The Labute approximate surface area is 117 Å². The average Bonchev–Trinajstić information content (AvgIpc) is 2.87. The van der Waals surface area contributed by atoms with E-state index in [0.29, 0.717) is 11.5 Å². The van der Waals surface area contributed by atoms with E-state index in [-0.39, 0.29) is 0 Å². The maximum Gasteiger partial charge on any atom is 0.138 e. The van der Waals surface area contributed by atoms with Crippen LogP contribution in [0, 0.1) is 11.3 Å². The zero-order valence-corrected chi connectivity index (χ0v) is 11.4. The summed E-state index contributed by atoms with van der Waals surface area (Å²) in [5.41, 5.74) is 2.56. The molecule has 0 amide bonds. The number of aromatic nitrogens is 3. The Morgan fingerprint density at radius 3 is 2.60 bits per heavy atom. The molecule has 2 aromatic heterocycles. The number of benzene rings is 1. The second kappa shape index (κ2) is 4.78. The van der Waals surface area contributed by atoms with E-state index in [1.165, 1.54) is 0 Å². The molecule has 1 aromatic carbocycles. The van der Waals surface area contributed by atoms with E-state index in [2.05, 4.69) is 34.5 Å². The highest BCUT2D eigenvalue weighted by atomic mass is 15.1. The second-order valence-electron chi connectivity index (χ2n) is 4.97. The Hall–Kier alpha value is -2.67. The van der Waals surface area contributed by atoms with Crippen molar-refractivity contribution in [1.82, 2.24) is 14.5 Å². The van der Waals surface area contributed by atoms with Crippen LogP contribution in [0.4, 0.5) is 0 Å². The summed E-state index contributed by atoms with van der Waals surface area (Å²) in [5, 5.41) is 8.86. The third-order valence-corrected chi connectivity index (χ3v) is 3.21. The maximum atomic E-state index is 8.86. The van der Waals surface area contributed by atoms with Crippen molar-refractivity contribution in [3.05, 3.63) is 54.0 Å². The molecule has 20 heavy (non-hydrogen) atoms. The molecule has 0 saturated heterocycles. The Morgan fingerprint density at radius 2 is 1.95 bits per heavy atom. The fraction of sp³-hybridized carbons (Fsp3) is 0.188. The molecule has 3 rings (SSSR count). The summed E-state index contributed by atoms with van der Waals surface area (Å²) < 4.78 is 2.06. The lowest BCUT2D eigenvalue weighted by molar-refractivity contribution is 0.752. The molecule has 3 aromatic rings. The Bertz CT molecular complexity index is 791. The summed E-state index contributed by atoms with van der Waals surface area (Å²) in [7, 11) is 0. The van der Waals surface area contributed by atoms with Crippen LogP contribution < -0.4 is 0 Å². The van der Waals surface area contributed by atoms with Gasteiger partial charge in [-0.1, -0.05) is 26.0 Å². The first-order chi connectivity index (χ1) is 9.70. The standard InChI is InChI=1S/C16H14N4/c1-11(2)16-19-13-5-3-4-6-14(13)20(16)15-8-7-12(9-17)10-18-15/h3-8,10-11H,1-2H3. The number of para-hydroxylation sites is 2. The minimum absolute atomic E-state index is 0.292. The summed E-state index contributed by atoms with van der Waals surface area (Å²) in [6.07, 6.45) is 1.59. The first kappa shape index (κ1) is 12.4. The Balaban J connectivity index is 2.27. The van der Waals surface area contributed by atoms with Crippen LogP contribution in [-0.2, 0) is 0 Å². The van der Waals surface area contributed by atoms with E-state index in [4.69, 9.17) is 5.26 Å². The van der Waals surface area contributed by atoms with Gasteiger partial charge in [-0.3, -0.25) is 4.57 Å². The van der Waals surface area contributed by atoms with Crippen molar-refractivity contribution in [2.24, 2.45) is 0 Å². The van der Waals surface area contributed by atoms with Crippen LogP contribution in [0.1, 0.15) is 31.2 Å². The van der Waals surface area contributed by atoms with Crippen LogP contribution >= 0.6 is 0 Å². The summed E-state index contributed by atoms with van der Waals surface area (Å²) in [6, 6.07) is 13.7. The number of imidazole rings is 1. The number of rotatable bonds is 2. The number of hydrogen-bond acceptors (Lipinski definition) is 3. The molecule has 0 saturated carbocycles. The number of hydrogen-bond donors (Lipinski definition) is 0. The molecule has 0 N–H and O–H groups in total. The monoisotopic (exact) mass is 262 g/mol. The van der Waals surface area contributed by atoms with Gasteiger partial charge in [0.05, 0.1) is 16.6 Å². The summed E-state index contributed by atoms with van der Waals surface area (Å²) >= 11 is 0. The lowest BCUT2D eigenvalue weighted by Gasteiger charge is -2.10. The molecule has 0 aliphatic carbocycles. The van der Waals surface area contributed by atoms with Gasteiger partial charge in [0, 0.05) is 12.1 Å². The second-order valence-corrected chi connectivity index (χ2v) is 4.97. The molecule has 0 spiro atoms. The zero-order chi connectivity index (χ0) is 14.1. The van der Waals surface area contributed by atoms with Crippen molar-refractivity contribution in [2.45, 2.75) is 19.8 Å². The lowest BCUT2D eigenvalue weighted by atomic mass is 10.2. The SMILES string of the molecule is CC(C)c1nc2ccccc2n1-c1ccc(C#N)cn1. The highest BCUT2D eigenvalue weighted by Crippen LogP contribution is 2.24. The molecular weight excluding hydrogens is 248 g/mol. The molecule has 4 heteroatoms. The summed E-state index contributed by atoms with van der Waals surface area (Å²) in [4.78, 5) is 9.07. The van der Waals surface area contributed by atoms with E-state index in [9.17, 15) is 0 Å². The van der Waals surface area contributed by atoms with Crippen LogP contribution in [0.3, 0.4) is 0 Å². The van der Waals surface area contributed by atoms with Gasteiger partial charge in [-0.25, -0.2) is 9.97 Å². The number of nitriles is 1. The summed E-state index contributed by atoms with van der Waals surface area (Å²) in [5.74, 6) is 2.06. The first-order valence-corrected chi connectivity index (χ1v) is 6.54. The van der Waals surface area contributed by atoms with E-state index < -0.39 is 0 Å². The van der Waals surface area contributed by atoms with Gasteiger partial charge in [0.25, 0.3) is 0 Å². The molecule has 0 unspecified atom stereocenters. The smallest absolute Gasteiger partial charge is 0.138 e. The topological polar surface area (TPSA) is 54.5 Å². The van der Waals surface area contributed by atoms with Gasteiger partial charge in [0.15, 0.2) is 0 Å². The highest BCUT2D eigenvalue weighted by molar-refractivity contribution is 5.78. The average molecular weight is 262 g/mol. The Morgan fingerprint density at radius 1 is 1.15 bits per heavy atom. The quantitative estimate of drug-likeness (QED) is 0.711. The largest absolute Gasteiger partial charge is 0.280 e. The van der Waals surface area contributed by atoms with E-state index in [1.54, 1.807) is 12.3 Å². The first-order valence-electron chi connectivity index (χ1n) is 6.54. The predicted octanol–water partition coefficient (Wildman–Crippen LogP) is 3.42. The van der Waals surface area contributed by atoms with Gasteiger partial charge in [-0.05, 0) is 24.3 Å². The fourth-order valence-corrected chi connectivity index (χ4v) is 2.26. The van der Waals surface area contributed by atoms with Crippen LogP contribution in [0.25, 0.3) is 16.9 Å². The van der Waals surface area contributed by atoms with Crippen molar-refractivity contribution in [3.63, 3.8) is 0 Å². The summed E-state index contributed by atoms with van der Waals surface area (Å²) in [6.45, 7) is 4.22. The third kappa shape index (κ3) is 1.94. The fourth-order valence-electron chi connectivity index (χ4n) is 2.26. The van der Waals surface area contributed by atoms with Gasteiger partial charge in [-0.2, -0.15) is 5.26 Å². The molecule has 0 aliphatic rings. The van der Waals surface area contributed by atoms with E-state index in [0.717, 1.165) is 22.7 Å². The van der Waals surface area contributed by atoms with E-state index in [1.807, 2.05) is 30.3 Å². The minimum Gasteiger partial charge on any atom is -0.280 e. The van der Waals surface area contributed by atoms with Crippen molar-refractivity contribution in [2.75, 3.05) is 0 Å². The predicted molar refractivity (Wildman–Crippen MR) is 77.7 cm³/mol. The van der Waals surface area contributed by atoms with Crippen molar-refractivity contribution >= 4 is 11.0 Å². The van der Waals surface area contributed by atoms with Gasteiger partial charge < -0.3 is 0 Å². The van der Waals surface area contributed by atoms with Gasteiger partial charge in [0.2, 0.25) is 0 Å². The Kier molecular flexibility index (Phi) is 2.96. The van der Waals surface area contributed by atoms with Crippen LogP contribution in [0.2, 0.25) is 0 Å². The maximum absolute atomic E-state index is 8.86. The molecule has 0 fully saturated rings. The molecule has 0 bridgehead atoms. The van der Waals surface area contributed by atoms with Gasteiger partial charge in [-0.15, -0.1) is 0 Å².